The van der Waals surface area contributed by atoms with Crippen LogP contribution in [0.5, 0.6) is 0 Å². The molecule has 0 aliphatic heterocycles. The third-order valence-corrected chi connectivity index (χ3v) is 2.07. The second-order valence-electron chi connectivity index (χ2n) is 3.32. The monoisotopic (exact) mass is 200 g/mol. The molecule has 0 atom stereocenters. The average Bonchev–Trinajstić information content (AvgIpc) is 2.25. The first kappa shape index (κ1) is 11.4. The Labute approximate surface area is 90.9 Å². The smallest absolute Gasteiger partial charge is 0.0701 e. The summed E-state index contributed by atoms with van der Waals surface area (Å²) in [5, 5.41) is 6.91. The zero-order chi connectivity index (χ0) is 11.1. The highest BCUT2D eigenvalue weighted by atomic mass is 14.7. The minimum atomic E-state index is 0.783. The quantitative estimate of drug-likeness (QED) is 0.573. The summed E-state index contributed by atoms with van der Waals surface area (Å²) in [5.74, 6) is 0. The van der Waals surface area contributed by atoms with Gasteiger partial charge >= 0.3 is 0 Å². The summed E-state index contributed by atoms with van der Waals surface area (Å²) in [6.07, 6.45) is 8.93. The number of hydrogen-bond donors (Lipinski definition) is 1. The van der Waals surface area contributed by atoms with Crippen LogP contribution in [-0.2, 0) is 0 Å². The molecule has 2 nitrogen and oxygen atoms in total. The molecular weight excluding hydrogens is 184 g/mol. The summed E-state index contributed by atoms with van der Waals surface area (Å²) in [6.45, 7) is 5.73. The summed E-state index contributed by atoms with van der Waals surface area (Å²) < 4.78 is 0. The third kappa shape index (κ3) is 3.50. The predicted octanol–water partition coefficient (Wildman–Crippen LogP) is 3.48. The molecule has 0 bridgehead atoms. The third-order valence-electron chi connectivity index (χ3n) is 2.07. The molecule has 78 valence electrons. The molecule has 0 aliphatic rings. The summed E-state index contributed by atoms with van der Waals surface area (Å²) in [6, 6.07) is 4.00. The second kappa shape index (κ2) is 5.91. The fraction of sp³-hybridized carbons (Fsp3) is 0.231. The zero-order valence-electron chi connectivity index (χ0n) is 9.03. The molecule has 1 aromatic heterocycles. The van der Waals surface area contributed by atoms with Gasteiger partial charge in [-0.3, -0.25) is 4.98 Å². The molecule has 1 heterocycles. The maximum Gasteiger partial charge on any atom is 0.0701 e. The van der Waals surface area contributed by atoms with E-state index in [0.717, 1.165) is 29.8 Å². The van der Waals surface area contributed by atoms with Crippen LogP contribution in [0.2, 0.25) is 0 Å². The Hall–Kier alpha value is -1.70. The predicted molar refractivity (Wildman–Crippen MR) is 66.1 cm³/mol. The Morgan fingerprint density at radius 1 is 1.40 bits per heavy atom. The minimum Gasteiger partial charge on any atom is -0.313 e. The van der Waals surface area contributed by atoms with E-state index in [1.54, 1.807) is 0 Å². The first-order valence-electron chi connectivity index (χ1n) is 5.03. The Morgan fingerprint density at radius 2 is 2.20 bits per heavy atom. The molecule has 1 rings (SSSR count). The van der Waals surface area contributed by atoms with Crippen LogP contribution in [0.15, 0.2) is 24.8 Å². The summed E-state index contributed by atoms with van der Waals surface area (Å²) in [7, 11) is 0. The zero-order valence-corrected chi connectivity index (χ0v) is 9.03. The van der Waals surface area contributed by atoms with Crippen LogP contribution in [0.3, 0.4) is 0 Å². The van der Waals surface area contributed by atoms with Gasteiger partial charge in [-0.05, 0) is 43.7 Å². The molecule has 0 aromatic carbocycles. The van der Waals surface area contributed by atoms with Gasteiger partial charge in [-0.15, -0.1) is 0 Å². The van der Waals surface area contributed by atoms with Gasteiger partial charge in [0.2, 0.25) is 0 Å². The van der Waals surface area contributed by atoms with E-state index in [1.165, 1.54) is 6.21 Å². The summed E-state index contributed by atoms with van der Waals surface area (Å²) in [5.41, 5.74) is 3.01. The SMILES string of the molecule is C=Cc1ccc(C)nc1/C=C/CCC=N. The maximum absolute atomic E-state index is 6.91. The number of hydrogen-bond acceptors (Lipinski definition) is 2. The number of pyridine rings is 1. The van der Waals surface area contributed by atoms with Crippen LogP contribution in [0.25, 0.3) is 12.2 Å². The van der Waals surface area contributed by atoms with Crippen LogP contribution >= 0.6 is 0 Å². The lowest BCUT2D eigenvalue weighted by Gasteiger charge is -2.01. The van der Waals surface area contributed by atoms with Crippen molar-refractivity contribution >= 4 is 18.4 Å². The first-order valence-corrected chi connectivity index (χ1v) is 5.03. The average molecular weight is 200 g/mol. The maximum atomic E-state index is 6.91. The lowest BCUT2D eigenvalue weighted by molar-refractivity contribution is 1.11. The normalized spacial score (nSPS) is 10.5. The van der Waals surface area contributed by atoms with E-state index >= 15 is 0 Å². The highest BCUT2D eigenvalue weighted by Gasteiger charge is 1.96. The van der Waals surface area contributed by atoms with Crippen molar-refractivity contribution in [2.45, 2.75) is 19.8 Å². The fourth-order valence-corrected chi connectivity index (χ4v) is 1.27. The Morgan fingerprint density at radius 3 is 2.87 bits per heavy atom. The van der Waals surface area contributed by atoms with Crippen molar-refractivity contribution in [2.75, 3.05) is 0 Å². The van der Waals surface area contributed by atoms with Crippen molar-refractivity contribution in [2.24, 2.45) is 0 Å². The van der Waals surface area contributed by atoms with Gasteiger partial charge in [-0.2, -0.15) is 0 Å². The van der Waals surface area contributed by atoms with Crippen LogP contribution < -0.4 is 0 Å². The van der Waals surface area contributed by atoms with Crippen LogP contribution in [0.1, 0.15) is 29.8 Å². The van der Waals surface area contributed by atoms with Crippen LogP contribution in [-0.4, -0.2) is 11.2 Å². The number of aromatic nitrogens is 1. The molecule has 0 aliphatic carbocycles. The van der Waals surface area contributed by atoms with Crippen molar-refractivity contribution in [1.29, 1.82) is 5.41 Å². The van der Waals surface area contributed by atoms with Crippen molar-refractivity contribution in [3.05, 3.63) is 41.7 Å². The van der Waals surface area contributed by atoms with E-state index in [2.05, 4.69) is 11.6 Å². The lowest BCUT2D eigenvalue weighted by Crippen LogP contribution is -1.89. The highest BCUT2D eigenvalue weighted by Crippen LogP contribution is 2.11. The molecule has 2 heteroatoms. The van der Waals surface area contributed by atoms with E-state index in [4.69, 9.17) is 5.41 Å². The molecule has 0 unspecified atom stereocenters. The van der Waals surface area contributed by atoms with Gasteiger partial charge in [0.15, 0.2) is 0 Å². The lowest BCUT2D eigenvalue weighted by atomic mass is 10.1. The number of allylic oxidation sites excluding steroid dienone is 1. The number of aryl methyl sites for hydroxylation is 1. The van der Waals surface area contributed by atoms with E-state index in [-0.39, 0.29) is 0 Å². The molecule has 0 saturated carbocycles. The minimum absolute atomic E-state index is 0.783. The number of unbranched alkanes of at least 4 members (excludes halogenated alkanes) is 1. The molecule has 0 fully saturated rings. The van der Waals surface area contributed by atoms with Crippen molar-refractivity contribution in [3.63, 3.8) is 0 Å². The van der Waals surface area contributed by atoms with Gasteiger partial charge in [0.25, 0.3) is 0 Å². The molecule has 15 heavy (non-hydrogen) atoms. The van der Waals surface area contributed by atoms with E-state index in [9.17, 15) is 0 Å². The standard InChI is InChI=1S/C13H16N2/c1-3-12-9-8-11(2)15-13(12)7-5-4-6-10-14/h3,5,7-10,14H,1,4,6H2,2H3/b7-5+,14-10?. The fourth-order valence-electron chi connectivity index (χ4n) is 1.27. The van der Waals surface area contributed by atoms with Crippen LogP contribution in [0.4, 0.5) is 0 Å². The van der Waals surface area contributed by atoms with Crippen LogP contribution in [0, 0.1) is 12.3 Å². The van der Waals surface area contributed by atoms with Crippen molar-refractivity contribution in [1.82, 2.24) is 4.98 Å². The number of nitrogens with zero attached hydrogens (tertiary/aromatic N) is 1. The van der Waals surface area contributed by atoms with E-state index < -0.39 is 0 Å². The molecule has 0 saturated heterocycles. The molecule has 1 N–H and O–H groups in total. The highest BCUT2D eigenvalue weighted by molar-refractivity contribution is 5.61. The molecule has 1 aromatic rings. The van der Waals surface area contributed by atoms with Gasteiger partial charge in [-0.25, -0.2) is 0 Å². The Kier molecular flexibility index (Phi) is 4.48. The van der Waals surface area contributed by atoms with E-state index in [0.29, 0.717) is 0 Å². The van der Waals surface area contributed by atoms with E-state index in [1.807, 2.05) is 37.3 Å². The van der Waals surface area contributed by atoms with Gasteiger partial charge < -0.3 is 5.41 Å². The molecular formula is C13H16N2. The molecule has 0 spiro atoms. The summed E-state index contributed by atoms with van der Waals surface area (Å²) in [4.78, 5) is 4.43. The van der Waals surface area contributed by atoms with Gasteiger partial charge in [-0.1, -0.05) is 24.8 Å². The first-order chi connectivity index (χ1) is 7.27. The molecule has 0 radical (unpaired) electrons. The Bertz CT molecular complexity index is 378. The van der Waals surface area contributed by atoms with Gasteiger partial charge in [0.1, 0.15) is 0 Å². The number of rotatable bonds is 5. The number of nitrogens with one attached hydrogen (secondary N) is 1. The largest absolute Gasteiger partial charge is 0.313 e. The van der Waals surface area contributed by atoms with Gasteiger partial charge in [0.05, 0.1) is 5.69 Å². The van der Waals surface area contributed by atoms with Gasteiger partial charge in [0, 0.05) is 5.69 Å². The molecule has 0 amide bonds. The topological polar surface area (TPSA) is 36.7 Å². The van der Waals surface area contributed by atoms with Crippen molar-refractivity contribution in [3.8, 4) is 0 Å². The van der Waals surface area contributed by atoms with Crippen molar-refractivity contribution < 1.29 is 0 Å². The Balaban J connectivity index is 2.82. The second-order valence-corrected chi connectivity index (χ2v) is 3.32. The summed E-state index contributed by atoms with van der Waals surface area (Å²) >= 11 is 0.